The number of H-pyrrole nitrogens is 1. The topological polar surface area (TPSA) is 41.6 Å². The summed E-state index contributed by atoms with van der Waals surface area (Å²) in [5.74, 6) is 1.29. The van der Waals surface area contributed by atoms with E-state index >= 15 is 0 Å². The zero-order chi connectivity index (χ0) is 9.10. The lowest BCUT2D eigenvalue weighted by Gasteiger charge is -1.93. The third-order valence-electron chi connectivity index (χ3n) is 1.73. The molecule has 74 valence electrons. The van der Waals surface area contributed by atoms with Gasteiger partial charge in [0.2, 0.25) is 0 Å². The summed E-state index contributed by atoms with van der Waals surface area (Å²) in [4.78, 5) is 11.2. The van der Waals surface area contributed by atoms with E-state index in [1.165, 1.54) is 0 Å². The lowest BCUT2D eigenvalue weighted by molar-refractivity contribution is 1.22. The zero-order valence-corrected chi connectivity index (χ0v) is 8.85. The molecule has 5 heteroatoms. The minimum absolute atomic E-state index is 0. The number of imidazole rings is 1. The maximum absolute atomic E-state index is 5.64. The Labute approximate surface area is 93.0 Å². The number of alkyl halides is 1. The average Bonchev–Trinajstić information content (AvgIpc) is 2.67. The second-order valence-corrected chi connectivity index (χ2v) is 2.89. The minimum Gasteiger partial charge on any atom is -0.341 e. The molecule has 14 heavy (non-hydrogen) atoms. The van der Waals surface area contributed by atoms with Gasteiger partial charge < -0.3 is 4.98 Å². The molecule has 0 bridgehead atoms. The molecule has 0 aliphatic carbocycles. The van der Waals surface area contributed by atoms with Crippen molar-refractivity contribution >= 4 is 24.0 Å². The van der Waals surface area contributed by atoms with E-state index in [0.29, 0.717) is 5.88 Å². The summed E-state index contributed by atoms with van der Waals surface area (Å²) in [6.07, 6.45) is 5.21. The predicted molar refractivity (Wildman–Crippen MR) is 58.6 cm³/mol. The first-order chi connectivity index (χ1) is 6.40. The molecule has 0 aliphatic heterocycles. The second-order valence-electron chi connectivity index (χ2n) is 2.63. The van der Waals surface area contributed by atoms with Crippen LogP contribution in [0.25, 0.3) is 11.4 Å². The van der Waals surface area contributed by atoms with E-state index in [1.54, 1.807) is 18.6 Å². The first-order valence-electron chi connectivity index (χ1n) is 3.90. The van der Waals surface area contributed by atoms with Gasteiger partial charge in [0, 0.05) is 29.8 Å². The SMILES string of the molecule is Cl.ClCc1cnc(-c2ccncc2)[nH]1. The molecule has 0 atom stereocenters. The Morgan fingerprint density at radius 3 is 2.57 bits per heavy atom. The van der Waals surface area contributed by atoms with E-state index in [0.717, 1.165) is 17.1 Å². The number of halogens is 2. The van der Waals surface area contributed by atoms with Gasteiger partial charge in [-0.15, -0.1) is 24.0 Å². The van der Waals surface area contributed by atoms with Crippen LogP contribution in [-0.2, 0) is 5.88 Å². The summed E-state index contributed by atoms with van der Waals surface area (Å²) < 4.78 is 0. The summed E-state index contributed by atoms with van der Waals surface area (Å²) in [5.41, 5.74) is 1.94. The van der Waals surface area contributed by atoms with Gasteiger partial charge in [0.1, 0.15) is 5.82 Å². The zero-order valence-electron chi connectivity index (χ0n) is 7.27. The first-order valence-corrected chi connectivity index (χ1v) is 4.44. The van der Waals surface area contributed by atoms with E-state index in [1.807, 2.05) is 12.1 Å². The number of hydrogen-bond donors (Lipinski definition) is 1. The fraction of sp³-hybridized carbons (Fsp3) is 0.111. The van der Waals surface area contributed by atoms with Crippen LogP contribution in [0.5, 0.6) is 0 Å². The lowest BCUT2D eigenvalue weighted by atomic mass is 10.2. The number of pyridine rings is 1. The fourth-order valence-electron chi connectivity index (χ4n) is 1.08. The highest BCUT2D eigenvalue weighted by Gasteiger charge is 2.00. The molecule has 2 aromatic rings. The van der Waals surface area contributed by atoms with Crippen LogP contribution in [0.1, 0.15) is 5.69 Å². The number of hydrogen-bond acceptors (Lipinski definition) is 2. The van der Waals surface area contributed by atoms with E-state index in [9.17, 15) is 0 Å². The maximum atomic E-state index is 5.64. The van der Waals surface area contributed by atoms with Crippen LogP contribution >= 0.6 is 24.0 Å². The molecule has 2 aromatic heterocycles. The molecule has 0 radical (unpaired) electrons. The summed E-state index contributed by atoms with van der Waals surface area (Å²) in [6, 6.07) is 3.80. The van der Waals surface area contributed by atoms with Gasteiger partial charge in [-0.25, -0.2) is 4.98 Å². The van der Waals surface area contributed by atoms with Crippen molar-refractivity contribution in [1.82, 2.24) is 15.0 Å². The first kappa shape index (κ1) is 11.0. The van der Waals surface area contributed by atoms with E-state index in [4.69, 9.17) is 11.6 Å². The van der Waals surface area contributed by atoms with Gasteiger partial charge in [-0.1, -0.05) is 0 Å². The molecule has 0 amide bonds. The standard InChI is InChI=1S/C9H8ClN3.ClH/c10-5-8-6-12-9(13-8)7-1-3-11-4-2-7;/h1-4,6H,5H2,(H,12,13);1H. The van der Waals surface area contributed by atoms with Crippen molar-refractivity contribution in [3.05, 3.63) is 36.4 Å². The van der Waals surface area contributed by atoms with Crippen LogP contribution in [0, 0.1) is 0 Å². The molecule has 0 saturated carbocycles. The molecule has 0 saturated heterocycles. The number of nitrogens with one attached hydrogen (secondary N) is 1. The van der Waals surface area contributed by atoms with Crippen molar-refractivity contribution in [3.63, 3.8) is 0 Å². The predicted octanol–water partition coefficient (Wildman–Crippen LogP) is 2.63. The number of aromatic nitrogens is 3. The Balaban J connectivity index is 0.000000980. The molecular formula is C9H9Cl2N3. The Morgan fingerprint density at radius 1 is 1.29 bits per heavy atom. The molecule has 2 rings (SSSR count). The Kier molecular flexibility index (Phi) is 3.92. The van der Waals surface area contributed by atoms with Crippen LogP contribution in [0.15, 0.2) is 30.7 Å². The minimum atomic E-state index is 0. The Hall–Kier alpha value is -1.06. The molecular weight excluding hydrogens is 221 g/mol. The molecule has 3 nitrogen and oxygen atoms in total. The van der Waals surface area contributed by atoms with Crippen LogP contribution in [-0.4, -0.2) is 15.0 Å². The quantitative estimate of drug-likeness (QED) is 0.805. The summed E-state index contributed by atoms with van der Waals surface area (Å²) in [6.45, 7) is 0. The van der Waals surface area contributed by atoms with E-state index < -0.39 is 0 Å². The monoisotopic (exact) mass is 229 g/mol. The van der Waals surface area contributed by atoms with Gasteiger partial charge in [-0.2, -0.15) is 0 Å². The number of aromatic amines is 1. The van der Waals surface area contributed by atoms with Crippen LogP contribution in [0.3, 0.4) is 0 Å². The van der Waals surface area contributed by atoms with E-state index in [-0.39, 0.29) is 12.4 Å². The van der Waals surface area contributed by atoms with Gasteiger partial charge >= 0.3 is 0 Å². The van der Waals surface area contributed by atoms with Gasteiger partial charge in [0.25, 0.3) is 0 Å². The highest BCUT2D eigenvalue weighted by molar-refractivity contribution is 6.16. The third-order valence-corrected chi connectivity index (χ3v) is 2.01. The molecule has 0 unspecified atom stereocenters. The maximum Gasteiger partial charge on any atom is 0.137 e. The highest BCUT2D eigenvalue weighted by Crippen LogP contribution is 2.14. The van der Waals surface area contributed by atoms with Crippen LogP contribution in [0.4, 0.5) is 0 Å². The lowest BCUT2D eigenvalue weighted by Crippen LogP contribution is -1.81. The average molecular weight is 230 g/mol. The summed E-state index contributed by atoms with van der Waals surface area (Å²) in [7, 11) is 0. The van der Waals surface area contributed by atoms with Crippen molar-refractivity contribution in [2.24, 2.45) is 0 Å². The number of rotatable bonds is 2. The van der Waals surface area contributed by atoms with Gasteiger partial charge in [0.05, 0.1) is 5.88 Å². The van der Waals surface area contributed by atoms with Crippen molar-refractivity contribution in [1.29, 1.82) is 0 Å². The van der Waals surface area contributed by atoms with Crippen molar-refractivity contribution in [2.75, 3.05) is 0 Å². The molecule has 2 heterocycles. The molecule has 1 N–H and O–H groups in total. The molecule has 0 aliphatic rings. The van der Waals surface area contributed by atoms with Gasteiger partial charge in [-0.05, 0) is 12.1 Å². The molecule has 0 fully saturated rings. The number of nitrogens with zero attached hydrogens (tertiary/aromatic N) is 2. The largest absolute Gasteiger partial charge is 0.341 e. The molecule has 0 spiro atoms. The fourth-order valence-corrected chi connectivity index (χ4v) is 1.22. The third kappa shape index (κ3) is 2.25. The van der Waals surface area contributed by atoms with Crippen LogP contribution in [0.2, 0.25) is 0 Å². The Bertz CT molecular complexity index is 386. The smallest absolute Gasteiger partial charge is 0.137 e. The van der Waals surface area contributed by atoms with Crippen LogP contribution < -0.4 is 0 Å². The van der Waals surface area contributed by atoms with Crippen molar-refractivity contribution in [3.8, 4) is 11.4 Å². The molecule has 0 aromatic carbocycles. The van der Waals surface area contributed by atoms with Gasteiger partial charge in [0.15, 0.2) is 0 Å². The Morgan fingerprint density at radius 2 is 2.00 bits per heavy atom. The van der Waals surface area contributed by atoms with Crippen molar-refractivity contribution < 1.29 is 0 Å². The normalized spacial score (nSPS) is 9.50. The van der Waals surface area contributed by atoms with Gasteiger partial charge in [-0.3, -0.25) is 4.98 Å². The summed E-state index contributed by atoms with van der Waals surface area (Å²) in [5, 5.41) is 0. The second kappa shape index (κ2) is 4.98. The highest BCUT2D eigenvalue weighted by atomic mass is 35.5. The summed E-state index contributed by atoms with van der Waals surface area (Å²) >= 11 is 5.64. The van der Waals surface area contributed by atoms with E-state index in [2.05, 4.69) is 15.0 Å². The van der Waals surface area contributed by atoms with Crippen molar-refractivity contribution in [2.45, 2.75) is 5.88 Å².